The van der Waals surface area contributed by atoms with Gasteiger partial charge in [-0.1, -0.05) is 12.1 Å². The van der Waals surface area contributed by atoms with Gasteiger partial charge in [0.05, 0.1) is 5.52 Å². The molecule has 2 aromatic carbocycles. The van der Waals surface area contributed by atoms with E-state index in [1.807, 2.05) is 31.3 Å². The van der Waals surface area contributed by atoms with E-state index in [9.17, 15) is 0 Å². The maximum atomic E-state index is 5.81. The maximum absolute atomic E-state index is 5.81. The van der Waals surface area contributed by atoms with E-state index in [0.29, 0.717) is 5.69 Å². The molecule has 0 saturated heterocycles. The summed E-state index contributed by atoms with van der Waals surface area (Å²) in [5, 5.41) is 0.991. The normalized spacial score (nSPS) is 10.7. The van der Waals surface area contributed by atoms with Crippen LogP contribution in [0.25, 0.3) is 10.9 Å². The number of anilines is 3. The molecule has 0 aliphatic heterocycles. The number of hydrogen-bond acceptors (Lipinski definition) is 4. The zero-order valence-corrected chi connectivity index (χ0v) is 11.5. The number of aryl methyl sites for hydroxylation is 1. The second-order valence-electron chi connectivity index (χ2n) is 4.87. The highest BCUT2D eigenvalue weighted by atomic mass is 15.2. The highest BCUT2D eigenvalue weighted by Crippen LogP contribution is 2.29. The first kappa shape index (κ1) is 12.4. The van der Waals surface area contributed by atoms with Crippen LogP contribution in [-0.2, 0) is 0 Å². The lowest BCUT2D eigenvalue weighted by atomic mass is 10.2. The van der Waals surface area contributed by atoms with E-state index in [0.717, 1.165) is 22.4 Å². The summed E-state index contributed by atoms with van der Waals surface area (Å²) in [7, 11) is 2.01. The first-order valence-electron chi connectivity index (χ1n) is 6.46. The van der Waals surface area contributed by atoms with Crippen molar-refractivity contribution in [3.05, 3.63) is 54.4 Å². The largest absolute Gasteiger partial charge is 0.399 e. The molecular formula is C16H16N4. The molecule has 4 heteroatoms. The van der Waals surface area contributed by atoms with Crippen molar-refractivity contribution in [3.8, 4) is 0 Å². The molecule has 0 radical (unpaired) electrons. The molecule has 4 nitrogen and oxygen atoms in total. The average Bonchev–Trinajstić information content (AvgIpc) is 2.45. The predicted molar refractivity (Wildman–Crippen MR) is 83.2 cm³/mol. The topological polar surface area (TPSA) is 55.0 Å². The summed E-state index contributed by atoms with van der Waals surface area (Å²) in [5.74, 6) is 0.876. The van der Waals surface area contributed by atoms with Crippen LogP contribution in [0, 0.1) is 6.92 Å². The Hall–Kier alpha value is -2.62. The summed E-state index contributed by atoms with van der Waals surface area (Å²) in [6.07, 6.45) is 1.57. The standard InChI is InChI=1S/C16H16N4/c1-11-4-3-5-13(8-11)20(2)16-14-7-6-12(17)9-15(14)18-10-19-16/h3-10H,17H2,1-2H3. The van der Waals surface area contributed by atoms with Crippen molar-refractivity contribution in [1.29, 1.82) is 0 Å². The van der Waals surface area contributed by atoms with Gasteiger partial charge in [-0.15, -0.1) is 0 Å². The molecule has 0 unspecified atom stereocenters. The highest BCUT2D eigenvalue weighted by molar-refractivity contribution is 5.92. The number of nitrogens with zero attached hydrogens (tertiary/aromatic N) is 3. The van der Waals surface area contributed by atoms with Gasteiger partial charge < -0.3 is 10.6 Å². The molecule has 0 amide bonds. The first-order chi connectivity index (χ1) is 9.65. The van der Waals surface area contributed by atoms with Crippen LogP contribution in [0.3, 0.4) is 0 Å². The Balaban J connectivity index is 2.14. The van der Waals surface area contributed by atoms with Crippen molar-refractivity contribution in [2.75, 3.05) is 17.7 Å². The maximum Gasteiger partial charge on any atom is 0.144 e. The Morgan fingerprint density at radius 2 is 1.90 bits per heavy atom. The molecule has 100 valence electrons. The molecular weight excluding hydrogens is 248 g/mol. The van der Waals surface area contributed by atoms with E-state index in [1.165, 1.54) is 5.56 Å². The summed E-state index contributed by atoms with van der Waals surface area (Å²) < 4.78 is 0. The average molecular weight is 264 g/mol. The molecule has 0 saturated carbocycles. The van der Waals surface area contributed by atoms with Crippen molar-refractivity contribution in [1.82, 2.24) is 9.97 Å². The number of benzene rings is 2. The second-order valence-corrected chi connectivity index (χ2v) is 4.87. The van der Waals surface area contributed by atoms with Gasteiger partial charge in [0.15, 0.2) is 0 Å². The van der Waals surface area contributed by atoms with Gasteiger partial charge in [0.2, 0.25) is 0 Å². The van der Waals surface area contributed by atoms with E-state index >= 15 is 0 Å². The number of rotatable bonds is 2. The number of aromatic nitrogens is 2. The third-order valence-electron chi connectivity index (χ3n) is 3.35. The highest BCUT2D eigenvalue weighted by Gasteiger charge is 2.10. The number of hydrogen-bond donors (Lipinski definition) is 1. The Labute approximate surface area is 117 Å². The van der Waals surface area contributed by atoms with Crippen molar-refractivity contribution in [2.24, 2.45) is 0 Å². The number of nitrogens with two attached hydrogens (primary N) is 1. The van der Waals surface area contributed by atoms with E-state index in [1.54, 1.807) is 6.33 Å². The monoisotopic (exact) mass is 264 g/mol. The van der Waals surface area contributed by atoms with Crippen LogP contribution < -0.4 is 10.6 Å². The zero-order chi connectivity index (χ0) is 14.1. The van der Waals surface area contributed by atoms with Crippen molar-refractivity contribution in [2.45, 2.75) is 6.92 Å². The minimum Gasteiger partial charge on any atom is -0.399 e. The molecule has 0 bridgehead atoms. The summed E-state index contributed by atoms with van der Waals surface area (Å²) in [5.41, 5.74) is 9.69. The van der Waals surface area contributed by atoms with Gasteiger partial charge in [-0.25, -0.2) is 9.97 Å². The van der Waals surface area contributed by atoms with Gasteiger partial charge in [-0.05, 0) is 42.8 Å². The Morgan fingerprint density at radius 1 is 1.05 bits per heavy atom. The summed E-state index contributed by atoms with van der Waals surface area (Å²) in [6, 6.07) is 14.0. The summed E-state index contributed by atoms with van der Waals surface area (Å²) in [6.45, 7) is 2.08. The van der Waals surface area contributed by atoms with Crippen molar-refractivity contribution >= 4 is 28.1 Å². The lowest BCUT2D eigenvalue weighted by molar-refractivity contribution is 1.11. The fourth-order valence-corrected chi connectivity index (χ4v) is 2.29. The second kappa shape index (κ2) is 4.81. The van der Waals surface area contributed by atoms with Gasteiger partial charge in [0, 0.05) is 23.8 Å². The molecule has 2 N–H and O–H groups in total. The quantitative estimate of drug-likeness (QED) is 0.722. The Bertz CT molecular complexity index is 767. The van der Waals surface area contributed by atoms with Crippen molar-refractivity contribution in [3.63, 3.8) is 0 Å². The third-order valence-corrected chi connectivity index (χ3v) is 3.35. The van der Waals surface area contributed by atoms with E-state index < -0.39 is 0 Å². The molecule has 3 rings (SSSR count). The Kier molecular flexibility index (Phi) is 2.99. The first-order valence-corrected chi connectivity index (χ1v) is 6.46. The molecule has 3 aromatic rings. The fourth-order valence-electron chi connectivity index (χ4n) is 2.29. The minimum absolute atomic E-state index is 0.709. The lowest BCUT2D eigenvalue weighted by Gasteiger charge is -2.20. The van der Waals surface area contributed by atoms with Gasteiger partial charge in [0.25, 0.3) is 0 Å². The van der Waals surface area contributed by atoms with Crippen LogP contribution in [0.5, 0.6) is 0 Å². The van der Waals surface area contributed by atoms with Crippen LogP contribution in [-0.4, -0.2) is 17.0 Å². The van der Waals surface area contributed by atoms with Crippen LogP contribution in [0.2, 0.25) is 0 Å². The minimum atomic E-state index is 0.709. The SMILES string of the molecule is Cc1cccc(N(C)c2ncnc3cc(N)ccc23)c1. The molecule has 1 aromatic heterocycles. The Morgan fingerprint density at radius 3 is 2.70 bits per heavy atom. The lowest BCUT2D eigenvalue weighted by Crippen LogP contribution is -2.12. The van der Waals surface area contributed by atoms with Gasteiger partial charge in [0.1, 0.15) is 12.1 Å². The number of fused-ring (bicyclic) bond motifs is 1. The van der Waals surface area contributed by atoms with Gasteiger partial charge >= 0.3 is 0 Å². The molecule has 0 spiro atoms. The van der Waals surface area contributed by atoms with E-state index in [4.69, 9.17) is 5.73 Å². The van der Waals surface area contributed by atoms with E-state index in [2.05, 4.69) is 40.0 Å². The van der Waals surface area contributed by atoms with Gasteiger partial charge in [-0.2, -0.15) is 0 Å². The summed E-state index contributed by atoms with van der Waals surface area (Å²) >= 11 is 0. The smallest absolute Gasteiger partial charge is 0.144 e. The fraction of sp³-hybridized carbons (Fsp3) is 0.125. The predicted octanol–water partition coefficient (Wildman–Crippen LogP) is 3.29. The zero-order valence-electron chi connectivity index (χ0n) is 11.5. The molecule has 0 fully saturated rings. The van der Waals surface area contributed by atoms with Crippen LogP contribution in [0.1, 0.15) is 5.56 Å². The molecule has 1 heterocycles. The third kappa shape index (κ3) is 2.16. The molecule has 0 atom stereocenters. The summed E-state index contributed by atoms with van der Waals surface area (Å²) in [4.78, 5) is 10.8. The molecule has 0 aliphatic rings. The molecule has 0 aliphatic carbocycles. The molecule has 20 heavy (non-hydrogen) atoms. The van der Waals surface area contributed by atoms with Crippen LogP contribution in [0.15, 0.2) is 48.8 Å². The van der Waals surface area contributed by atoms with Crippen LogP contribution >= 0.6 is 0 Å². The van der Waals surface area contributed by atoms with Crippen molar-refractivity contribution < 1.29 is 0 Å². The van der Waals surface area contributed by atoms with Gasteiger partial charge in [-0.3, -0.25) is 0 Å². The van der Waals surface area contributed by atoms with E-state index in [-0.39, 0.29) is 0 Å². The van der Waals surface area contributed by atoms with Crippen LogP contribution in [0.4, 0.5) is 17.2 Å². The number of nitrogen functional groups attached to an aromatic ring is 1.